The number of anilines is 1. The summed E-state index contributed by atoms with van der Waals surface area (Å²) in [7, 11) is -4.00. The molecule has 1 unspecified atom stereocenters. The first-order valence-electron chi connectivity index (χ1n) is 6.71. The molecule has 0 aromatic heterocycles. The van der Waals surface area contributed by atoms with E-state index >= 15 is 0 Å². The molecule has 2 rings (SSSR count). The molecule has 22 heavy (non-hydrogen) atoms. The predicted molar refractivity (Wildman–Crippen MR) is 81.9 cm³/mol. The van der Waals surface area contributed by atoms with Gasteiger partial charge in [-0.05, 0) is 37.5 Å². The van der Waals surface area contributed by atoms with Gasteiger partial charge in [-0.25, -0.2) is 17.6 Å². The number of rotatable bonds is 4. The summed E-state index contributed by atoms with van der Waals surface area (Å²) in [5, 5.41) is 7.97. The molecule has 1 aliphatic rings. The molecule has 1 aliphatic carbocycles. The van der Waals surface area contributed by atoms with Gasteiger partial charge in [0.1, 0.15) is 11.1 Å². The normalized spacial score (nSPS) is 19.2. The first-order valence-corrected chi connectivity index (χ1v) is 8.64. The Morgan fingerprint density at radius 2 is 2.09 bits per heavy atom. The van der Waals surface area contributed by atoms with Crippen molar-refractivity contribution in [3.8, 4) is 0 Å². The van der Waals surface area contributed by atoms with E-state index in [0.717, 1.165) is 18.6 Å². The maximum Gasteiger partial charge on any atom is 0.332 e. The second-order valence-electron chi connectivity index (χ2n) is 5.01. The highest BCUT2D eigenvalue weighted by Gasteiger charge is 2.33. The van der Waals surface area contributed by atoms with Crippen molar-refractivity contribution in [2.75, 3.05) is 4.72 Å². The van der Waals surface area contributed by atoms with Crippen LogP contribution in [0.4, 0.5) is 10.1 Å². The number of carbonyl (C=O) groups is 1. The lowest BCUT2D eigenvalue weighted by molar-refractivity contribution is -0.132. The zero-order valence-corrected chi connectivity index (χ0v) is 13.1. The minimum Gasteiger partial charge on any atom is -0.478 e. The Balaban J connectivity index is 2.33. The van der Waals surface area contributed by atoms with Crippen LogP contribution < -0.4 is 4.72 Å². The Hall–Kier alpha value is -1.60. The van der Waals surface area contributed by atoms with Crippen LogP contribution in [-0.4, -0.2) is 24.7 Å². The fourth-order valence-corrected chi connectivity index (χ4v) is 4.27. The van der Waals surface area contributed by atoms with Crippen LogP contribution in [0.2, 0.25) is 5.02 Å². The van der Waals surface area contributed by atoms with Crippen molar-refractivity contribution in [3.63, 3.8) is 0 Å². The Kier molecular flexibility index (Phi) is 5.08. The van der Waals surface area contributed by atoms with E-state index in [9.17, 15) is 22.7 Å². The zero-order valence-electron chi connectivity index (χ0n) is 11.6. The minimum atomic E-state index is -4.00. The first-order chi connectivity index (χ1) is 10.3. The number of allylic oxidation sites excluding steroid dienone is 1. The van der Waals surface area contributed by atoms with Gasteiger partial charge < -0.3 is 5.11 Å². The monoisotopic (exact) mass is 347 g/mol. The number of aliphatic carboxylic acids is 1. The van der Waals surface area contributed by atoms with Crippen LogP contribution in [0.1, 0.15) is 25.7 Å². The Morgan fingerprint density at radius 1 is 1.36 bits per heavy atom. The van der Waals surface area contributed by atoms with Gasteiger partial charge in [-0.1, -0.05) is 24.1 Å². The molecule has 0 radical (unpaired) electrons. The Labute approximate surface area is 132 Å². The fraction of sp³-hybridized carbons (Fsp3) is 0.357. The Bertz CT molecular complexity index is 718. The zero-order chi connectivity index (χ0) is 16.3. The summed E-state index contributed by atoms with van der Waals surface area (Å²) in [6.07, 6.45) is 3.54. The summed E-state index contributed by atoms with van der Waals surface area (Å²) in [6.45, 7) is 0. The second kappa shape index (κ2) is 6.66. The van der Waals surface area contributed by atoms with Gasteiger partial charge in [0.15, 0.2) is 0 Å². The van der Waals surface area contributed by atoms with Gasteiger partial charge in [0, 0.05) is 0 Å². The standard InChI is InChI=1S/C14H15ClFNO4S/c15-11-8-9(16)6-7-12(11)17-22(20,21)13-5-3-1-2-4-10(13)14(18)19/h4,6-8,13,17H,1-3,5H2,(H,18,19). The van der Waals surface area contributed by atoms with Crippen LogP contribution in [0, 0.1) is 5.82 Å². The highest BCUT2D eigenvalue weighted by atomic mass is 35.5. The van der Waals surface area contributed by atoms with Gasteiger partial charge in [0.25, 0.3) is 0 Å². The summed E-state index contributed by atoms with van der Waals surface area (Å²) in [4.78, 5) is 11.3. The fourth-order valence-electron chi connectivity index (χ4n) is 2.36. The minimum absolute atomic E-state index is 0.0250. The Morgan fingerprint density at radius 3 is 2.73 bits per heavy atom. The molecular formula is C14H15ClFNO4S. The molecule has 120 valence electrons. The van der Waals surface area contributed by atoms with Gasteiger partial charge in [-0.2, -0.15) is 0 Å². The molecule has 8 heteroatoms. The molecular weight excluding hydrogens is 333 g/mol. The van der Waals surface area contributed by atoms with Crippen LogP contribution in [-0.2, 0) is 14.8 Å². The van der Waals surface area contributed by atoms with Crippen molar-refractivity contribution < 1.29 is 22.7 Å². The van der Waals surface area contributed by atoms with E-state index in [0.29, 0.717) is 12.8 Å². The molecule has 0 fully saturated rings. The third kappa shape index (κ3) is 3.78. The van der Waals surface area contributed by atoms with Crippen molar-refractivity contribution in [2.24, 2.45) is 0 Å². The molecule has 0 bridgehead atoms. The van der Waals surface area contributed by atoms with Crippen molar-refractivity contribution in [1.82, 2.24) is 0 Å². The molecule has 0 aliphatic heterocycles. The molecule has 0 amide bonds. The topological polar surface area (TPSA) is 83.5 Å². The summed E-state index contributed by atoms with van der Waals surface area (Å²) in [5.74, 6) is -1.84. The van der Waals surface area contributed by atoms with E-state index in [1.807, 2.05) is 0 Å². The highest BCUT2D eigenvalue weighted by Crippen LogP contribution is 2.29. The second-order valence-corrected chi connectivity index (χ2v) is 7.28. The highest BCUT2D eigenvalue weighted by molar-refractivity contribution is 7.93. The lowest BCUT2D eigenvalue weighted by Crippen LogP contribution is -2.32. The maximum absolute atomic E-state index is 13.0. The molecule has 0 heterocycles. The summed E-state index contributed by atoms with van der Waals surface area (Å²) in [6, 6.07) is 3.27. The third-order valence-electron chi connectivity index (χ3n) is 3.44. The SMILES string of the molecule is O=C(O)C1=CCCCCC1S(=O)(=O)Nc1ccc(F)cc1Cl. The van der Waals surface area contributed by atoms with Crippen molar-refractivity contribution in [3.05, 3.63) is 40.7 Å². The summed E-state index contributed by atoms with van der Waals surface area (Å²) in [5.41, 5.74) is -0.111. The van der Waals surface area contributed by atoms with Gasteiger partial charge in [-0.15, -0.1) is 0 Å². The third-order valence-corrected chi connectivity index (χ3v) is 5.49. The number of sulfonamides is 1. The summed E-state index contributed by atoms with van der Waals surface area (Å²) < 4.78 is 40.3. The van der Waals surface area contributed by atoms with E-state index in [1.165, 1.54) is 12.1 Å². The largest absolute Gasteiger partial charge is 0.478 e. The van der Waals surface area contributed by atoms with Crippen LogP contribution >= 0.6 is 11.6 Å². The molecule has 0 spiro atoms. The predicted octanol–water partition coefficient (Wildman–Crippen LogP) is 3.17. The van der Waals surface area contributed by atoms with Gasteiger partial charge >= 0.3 is 5.97 Å². The van der Waals surface area contributed by atoms with E-state index < -0.39 is 27.1 Å². The van der Waals surface area contributed by atoms with Crippen LogP contribution in [0.3, 0.4) is 0 Å². The van der Waals surface area contributed by atoms with E-state index in [4.69, 9.17) is 11.6 Å². The number of hydrogen-bond donors (Lipinski definition) is 2. The molecule has 0 saturated heterocycles. The smallest absolute Gasteiger partial charge is 0.332 e. The van der Waals surface area contributed by atoms with E-state index in [-0.39, 0.29) is 22.7 Å². The quantitative estimate of drug-likeness (QED) is 0.876. The number of hydrogen-bond acceptors (Lipinski definition) is 3. The number of benzene rings is 1. The van der Waals surface area contributed by atoms with Crippen molar-refractivity contribution in [1.29, 1.82) is 0 Å². The number of nitrogens with one attached hydrogen (secondary N) is 1. The molecule has 2 N–H and O–H groups in total. The number of carboxylic acids is 1. The van der Waals surface area contributed by atoms with Crippen LogP contribution in [0.5, 0.6) is 0 Å². The maximum atomic E-state index is 13.0. The molecule has 1 aromatic carbocycles. The van der Waals surface area contributed by atoms with Gasteiger partial charge in [-0.3, -0.25) is 4.72 Å². The van der Waals surface area contributed by atoms with Gasteiger partial charge in [0.05, 0.1) is 16.3 Å². The number of carboxylic acid groups (broad SMARTS) is 1. The van der Waals surface area contributed by atoms with E-state index in [1.54, 1.807) is 0 Å². The molecule has 1 aromatic rings. The van der Waals surface area contributed by atoms with Crippen molar-refractivity contribution in [2.45, 2.75) is 30.9 Å². The van der Waals surface area contributed by atoms with E-state index in [2.05, 4.69) is 4.72 Å². The lowest BCUT2D eigenvalue weighted by atomic mass is 10.1. The number of halogens is 2. The van der Waals surface area contributed by atoms with Crippen LogP contribution in [0.15, 0.2) is 29.8 Å². The molecule has 1 atom stereocenters. The lowest BCUT2D eigenvalue weighted by Gasteiger charge is -2.18. The average Bonchev–Trinajstić information content (AvgIpc) is 2.68. The van der Waals surface area contributed by atoms with Crippen LogP contribution in [0.25, 0.3) is 0 Å². The average molecular weight is 348 g/mol. The first kappa shape index (κ1) is 16.8. The summed E-state index contributed by atoms with van der Waals surface area (Å²) >= 11 is 5.81. The van der Waals surface area contributed by atoms with Crippen molar-refractivity contribution >= 4 is 33.3 Å². The van der Waals surface area contributed by atoms with Gasteiger partial charge in [0.2, 0.25) is 10.0 Å². The molecule has 0 saturated carbocycles. The molecule has 5 nitrogen and oxygen atoms in total.